The molecule has 42 heavy (non-hydrogen) atoms. The molecule has 218 valence electrons. The van der Waals surface area contributed by atoms with Gasteiger partial charge in [0.1, 0.15) is 5.75 Å². The Morgan fingerprint density at radius 2 is 1.67 bits per heavy atom. The fourth-order valence-corrected chi connectivity index (χ4v) is 5.02. The number of ether oxygens (including phenoxy) is 1. The van der Waals surface area contributed by atoms with E-state index in [1.807, 2.05) is 12.1 Å². The van der Waals surface area contributed by atoms with Crippen LogP contribution in [-0.4, -0.2) is 39.9 Å². The minimum atomic E-state index is -4.75. The van der Waals surface area contributed by atoms with E-state index >= 15 is 0 Å². The van der Waals surface area contributed by atoms with Gasteiger partial charge >= 0.3 is 12.3 Å². The molecule has 1 saturated carbocycles. The smallest absolute Gasteiger partial charge is 0.481 e. The van der Waals surface area contributed by atoms with E-state index in [1.54, 1.807) is 42.5 Å². The number of rotatable bonds is 11. The number of aryl methyl sites for hydroxylation is 1. The highest BCUT2D eigenvalue weighted by Gasteiger charge is 2.44. The summed E-state index contributed by atoms with van der Waals surface area (Å²) in [6.45, 7) is 0.333. The van der Waals surface area contributed by atoms with Gasteiger partial charge in [-0.15, -0.1) is 13.2 Å². The van der Waals surface area contributed by atoms with E-state index in [0.29, 0.717) is 58.8 Å². The fraction of sp³-hybridized carbons (Fsp3) is 0.290. The van der Waals surface area contributed by atoms with Gasteiger partial charge < -0.3 is 15.2 Å². The molecule has 3 aromatic carbocycles. The summed E-state index contributed by atoms with van der Waals surface area (Å²) in [5.41, 5.74) is 4.25. The Kier molecular flexibility index (Phi) is 8.36. The van der Waals surface area contributed by atoms with Crippen molar-refractivity contribution in [3.05, 3.63) is 88.6 Å². The maximum atomic E-state index is 13.1. The highest BCUT2D eigenvalue weighted by atomic mass is 35.5. The van der Waals surface area contributed by atoms with Gasteiger partial charge in [0.15, 0.2) is 0 Å². The van der Waals surface area contributed by atoms with Crippen molar-refractivity contribution >= 4 is 34.5 Å². The van der Waals surface area contributed by atoms with Crippen LogP contribution < -0.4 is 10.1 Å². The summed E-state index contributed by atoms with van der Waals surface area (Å²) in [5.74, 6) is -1.44. The first-order valence-electron chi connectivity index (χ1n) is 13.4. The molecule has 1 fully saturated rings. The van der Waals surface area contributed by atoms with Gasteiger partial charge in [-0.2, -0.15) is 0 Å². The molecule has 0 unspecified atom stereocenters. The molecule has 11 heteroatoms. The van der Waals surface area contributed by atoms with Crippen LogP contribution in [0.4, 0.5) is 13.2 Å². The monoisotopic (exact) mass is 597 g/mol. The lowest BCUT2D eigenvalue weighted by atomic mass is 9.95. The van der Waals surface area contributed by atoms with Crippen molar-refractivity contribution in [2.24, 2.45) is 0 Å². The van der Waals surface area contributed by atoms with E-state index in [2.05, 4.69) is 10.1 Å². The molecule has 7 nitrogen and oxygen atoms in total. The number of alkyl halides is 3. The Morgan fingerprint density at radius 3 is 2.31 bits per heavy atom. The largest absolute Gasteiger partial charge is 0.573 e. The van der Waals surface area contributed by atoms with Crippen LogP contribution >= 0.6 is 11.6 Å². The predicted octanol–water partition coefficient (Wildman–Crippen LogP) is 7.11. The van der Waals surface area contributed by atoms with Crippen molar-refractivity contribution in [1.82, 2.24) is 15.3 Å². The molecule has 0 atom stereocenters. The summed E-state index contributed by atoms with van der Waals surface area (Å²) in [6, 6.07) is 18.1. The molecule has 0 spiro atoms. The lowest BCUT2D eigenvalue weighted by Crippen LogP contribution is -2.32. The minimum absolute atomic E-state index is 0.0641. The van der Waals surface area contributed by atoms with Crippen molar-refractivity contribution in [3.63, 3.8) is 0 Å². The summed E-state index contributed by atoms with van der Waals surface area (Å²) in [7, 11) is 0. The van der Waals surface area contributed by atoms with Crippen molar-refractivity contribution < 1.29 is 32.6 Å². The number of hydrogen-bond acceptors (Lipinski definition) is 5. The topological polar surface area (TPSA) is 101 Å². The molecule has 5 rings (SSSR count). The van der Waals surface area contributed by atoms with Crippen LogP contribution in [0.5, 0.6) is 5.75 Å². The third-order valence-corrected chi connectivity index (χ3v) is 7.56. The van der Waals surface area contributed by atoms with Crippen LogP contribution in [0.3, 0.4) is 0 Å². The lowest BCUT2D eigenvalue weighted by Gasteiger charge is -2.18. The second-order valence-corrected chi connectivity index (χ2v) is 10.8. The lowest BCUT2D eigenvalue weighted by molar-refractivity contribution is -0.274. The Bertz CT molecular complexity index is 1610. The van der Waals surface area contributed by atoms with Crippen molar-refractivity contribution in [2.75, 3.05) is 6.54 Å². The summed E-state index contributed by atoms with van der Waals surface area (Å²) < 4.78 is 41.4. The number of nitrogens with one attached hydrogen (secondary N) is 1. The molecule has 0 bridgehead atoms. The number of carboxylic acid groups (broad SMARTS) is 1. The third kappa shape index (κ3) is 7.17. The van der Waals surface area contributed by atoms with Gasteiger partial charge in [0.05, 0.1) is 22.4 Å². The van der Waals surface area contributed by atoms with Crippen LogP contribution in [0.25, 0.3) is 22.3 Å². The van der Waals surface area contributed by atoms with E-state index in [-0.39, 0.29) is 23.5 Å². The van der Waals surface area contributed by atoms with E-state index in [9.17, 15) is 22.8 Å². The summed E-state index contributed by atoms with van der Waals surface area (Å²) in [4.78, 5) is 33.7. The molecule has 1 heterocycles. The summed E-state index contributed by atoms with van der Waals surface area (Å²) in [5, 5.41) is 12.5. The van der Waals surface area contributed by atoms with Gasteiger partial charge in [-0.3, -0.25) is 9.59 Å². The maximum Gasteiger partial charge on any atom is 0.573 e. The Hall–Kier alpha value is -4.18. The van der Waals surface area contributed by atoms with E-state index in [4.69, 9.17) is 26.7 Å². The van der Waals surface area contributed by atoms with Gasteiger partial charge in [-0.05, 0) is 80.1 Å². The average molecular weight is 598 g/mol. The highest BCUT2D eigenvalue weighted by Crippen LogP contribution is 2.48. The van der Waals surface area contributed by atoms with Crippen molar-refractivity contribution in [1.29, 1.82) is 0 Å². The first kappa shape index (κ1) is 29.3. The molecule has 2 N–H and O–H groups in total. The predicted molar refractivity (Wildman–Crippen MR) is 152 cm³/mol. The van der Waals surface area contributed by atoms with Crippen LogP contribution in [0.15, 0.2) is 66.7 Å². The molecule has 0 aliphatic heterocycles. The minimum Gasteiger partial charge on any atom is -0.481 e. The molecular formula is C31H27ClF3N3O4. The number of unbranched alkanes of at least 4 members (excludes halogenated alkanes) is 1. The van der Waals surface area contributed by atoms with E-state index < -0.39 is 12.3 Å². The molecule has 0 saturated heterocycles. The second kappa shape index (κ2) is 12.0. The van der Waals surface area contributed by atoms with E-state index in [0.717, 1.165) is 24.0 Å². The molecule has 4 aromatic rings. The number of aliphatic carboxylic acids is 1. The van der Waals surface area contributed by atoms with Gasteiger partial charge in [-0.1, -0.05) is 35.9 Å². The second-order valence-electron chi connectivity index (χ2n) is 10.4. The van der Waals surface area contributed by atoms with Crippen LogP contribution in [0.2, 0.25) is 5.02 Å². The number of hydrogen-bond donors (Lipinski definition) is 2. The normalized spacial score (nSPS) is 14.0. The highest BCUT2D eigenvalue weighted by molar-refractivity contribution is 6.30. The number of carbonyl (C=O) groups excluding carboxylic acids is 1. The SMILES string of the molecule is O=C(O)CCCCc1nc2cc(C(=O)NCC3(c4ccc(OC(F)(F)F)cc4)CC3)ccc2nc1-c1ccc(Cl)cc1. The molecule has 1 aromatic heterocycles. The first-order chi connectivity index (χ1) is 20.0. The standard InChI is InChI=1S/C31H27ClF3N3O4/c32-22-10-5-19(6-11-22)28-25(3-1-2-4-27(39)40)37-26-17-20(7-14-24(26)38-28)29(41)36-18-30(15-16-30)21-8-12-23(13-9-21)42-31(33,34)35/h5-14,17H,1-4,15-16,18H2,(H,36,41)(H,39,40). The van der Waals surface area contributed by atoms with E-state index in [1.165, 1.54) is 12.1 Å². The number of amides is 1. The zero-order valence-corrected chi connectivity index (χ0v) is 23.1. The molecule has 0 radical (unpaired) electrons. The first-order valence-corrected chi connectivity index (χ1v) is 13.8. The van der Waals surface area contributed by atoms with Crippen molar-refractivity contribution in [2.45, 2.75) is 50.3 Å². The third-order valence-electron chi connectivity index (χ3n) is 7.31. The Labute approximate surface area is 244 Å². The maximum absolute atomic E-state index is 13.1. The summed E-state index contributed by atoms with van der Waals surface area (Å²) >= 11 is 6.06. The van der Waals surface area contributed by atoms with Gasteiger partial charge in [0.25, 0.3) is 5.91 Å². The molecule has 1 aliphatic carbocycles. The fourth-order valence-electron chi connectivity index (χ4n) is 4.89. The Balaban J connectivity index is 1.32. The van der Waals surface area contributed by atoms with Crippen LogP contribution in [-0.2, 0) is 16.6 Å². The number of halogens is 4. The molecular weight excluding hydrogens is 571 g/mol. The summed E-state index contributed by atoms with van der Waals surface area (Å²) in [6.07, 6.45) is -1.47. The number of carboxylic acids is 1. The quantitative estimate of drug-likeness (QED) is 0.179. The zero-order valence-electron chi connectivity index (χ0n) is 22.4. The van der Waals surface area contributed by atoms with Gasteiger partial charge in [0, 0.05) is 34.5 Å². The zero-order chi connectivity index (χ0) is 29.9. The molecule has 1 aliphatic rings. The van der Waals surface area contributed by atoms with Crippen LogP contribution in [0, 0.1) is 0 Å². The number of benzene rings is 3. The number of fused-ring (bicyclic) bond motifs is 1. The van der Waals surface area contributed by atoms with Crippen molar-refractivity contribution in [3.8, 4) is 17.0 Å². The number of nitrogens with zero attached hydrogens (tertiary/aromatic N) is 2. The van der Waals surface area contributed by atoms with Crippen LogP contribution in [0.1, 0.15) is 53.7 Å². The van der Waals surface area contributed by atoms with Gasteiger partial charge in [0.2, 0.25) is 0 Å². The Morgan fingerprint density at radius 1 is 0.952 bits per heavy atom. The number of aromatic nitrogens is 2. The molecule has 1 amide bonds. The van der Waals surface area contributed by atoms with Gasteiger partial charge in [-0.25, -0.2) is 9.97 Å². The number of carbonyl (C=O) groups is 2. The average Bonchev–Trinajstić information content (AvgIpc) is 3.74.